The van der Waals surface area contributed by atoms with Gasteiger partial charge < -0.3 is 10.4 Å². The first-order valence-electron chi connectivity index (χ1n) is 9.74. The molecule has 1 unspecified atom stereocenters. The second-order valence-corrected chi connectivity index (χ2v) is 7.99. The maximum atomic E-state index is 12.7. The number of nitrogens with one attached hydrogen (secondary N) is 1. The van der Waals surface area contributed by atoms with Crippen molar-refractivity contribution >= 4 is 11.5 Å². The van der Waals surface area contributed by atoms with Gasteiger partial charge >= 0.3 is 5.97 Å². The van der Waals surface area contributed by atoms with Crippen molar-refractivity contribution in [3.63, 3.8) is 0 Å². The molecular formula is C23H22N2O3. The van der Waals surface area contributed by atoms with Gasteiger partial charge in [0.1, 0.15) is 5.56 Å². The van der Waals surface area contributed by atoms with E-state index in [1.807, 2.05) is 13.0 Å². The number of hydrogen-bond donors (Lipinski definition) is 2. The molecule has 0 amide bonds. The molecule has 3 heterocycles. The number of nitrogens with zero attached hydrogens (tertiary/aromatic N) is 1. The summed E-state index contributed by atoms with van der Waals surface area (Å²) in [5.41, 5.74) is 7.12. The zero-order valence-corrected chi connectivity index (χ0v) is 16.0. The van der Waals surface area contributed by atoms with Crippen LogP contribution in [0.3, 0.4) is 0 Å². The molecule has 5 rings (SSSR count). The maximum absolute atomic E-state index is 12.7. The SMILES string of the molecule is Cc1c(-c2ccc3c(c2)CNC3C)ccn2c(=O)c(C(=O)O)cc(C3CC3)c12. The number of aromatic carboxylic acids is 1. The Labute approximate surface area is 162 Å². The Morgan fingerprint density at radius 2 is 1.96 bits per heavy atom. The Morgan fingerprint density at radius 1 is 1.18 bits per heavy atom. The van der Waals surface area contributed by atoms with E-state index in [0.717, 1.165) is 47.2 Å². The summed E-state index contributed by atoms with van der Waals surface area (Å²) in [7, 11) is 0. The van der Waals surface area contributed by atoms with E-state index >= 15 is 0 Å². The van der Waals surface area contributed by atoms with Crippen molar-refractivity contribution in [2.75, 3.05) is 0 Å². The van der Waals surface area contributed by atoms with Crippen LogP contribution in [0.2, 0.25) is 0 Å². The third-order valence-electron chi connectivity index (χ3n) is 6.18. The molecule has 1 saturated carbocycles. The van der Waals surface area contributed by atoms with Crippen molar-refractivity contribution in [2.24, 2.45) is 0 Å². The van der Waals surface area contributed by atoms with Gasteiger partial charge in [-0.05, 0) is 84.2 Å². The number of carboxylic acid groups (broad SMARTS) is 1. The predicted octanol–water partition coefficient (Wildman–Crippen LogP) is 4.01. The van der Waals surface area contributed by atoms with Crippen molar-refractivity contribution in [2.45, 2.75) is 45.2 Å². The number of carbonyl (C=O) groups is 1. The predicted molar refractivity (Wildman–Crippen MR) is 108 cm³/mol. The first-order valence-corrected chi connectivity index (χ1v) is 9.74. The van der Waals surface area contributed by atoms with Crippen LogP contribution in [0.25, 0.3) is 16.6 Å². The van der Waals surface area contributed by atoms with Crippen LogP contribution in [0.15, 0.2) is 41.3 Å². The van der Waals surface area contributed by atoms with Crippen LogP contribution >= 0.6 is 0 Å². The van der Waals surface area contributed by atoms with E-state index in [1.165, 1.54) is 15.5 Å². The maximum Gasteiger partial charge on any atom is 0.341 e. The normalized spacial score (nSPS) is 18.4. The molecular weight excluding hydrogens is 352 g/mol. The Hall–Kier alpha value is -2.92. The van der Waals surface area contributed by atoms with Crippen LogP contribution in [-0.4, -0.2) is 15.5 Å². The summed E-state index contributed by atoms with van der Waals surface area (Å²) in [6.45, 7) is 5.07. The van der Waals surface area contributed by atoms with E-state index in [0.29, 0.717) is 12.0 Å². The average molecular weight is 374 g/mol. The molecule has 142 valence electrons. The van der Waals surface area contributed by atoms with Gasteiger partial charge in [-0.2, -0.15) is 0 Å². The highest BCUT2D eigenvalue weighted by Gasteiger charge is 2.29. The van der Waals surface area contributed by atoms with Crippen LogP contribution < -0.4 is 10.9 Å². The van der Waals surface area contributed by atoms with Crippen molar-refractivity contribution in [3.8, 4) is 11.1 Å². The molecule has 1 fully saturated rings. The largest absolute Gasteiger partial charge is 0.477 e. The van der Waals surface area contributed by atoms with Crippen LogP contribution in [0.4, 0.5) is 0 Å². The minimum absolute atomic E-state index is 0.149. The van der Waals surface area contributed by atoms with Crippen molar-refractivity contribution < 1.29 is 9.90 Å². The number of aryl methyl sites for hydroxylation is 1. The van der Waals surface area contributed by atoms with Gasteiger partial charge in [0, 0.05) is 18.8 Å². The summed E-state index contributed by atoms with van der Waals surface area (Å²) in [5, 5.41) is 12.9. The molecule has 5 nitrogen and oxygen atoms in total. The highest BCUT2D eigenvalue weighted by molar-refractivity contribution is 5.89. The van der Waals surface area contributed by atoms with E-state index in [-0.39, 0.29) is 5.56 Å². The molecule has 5 heteroatoms. The number of benzene rings is 1. The quantitative estimate of drug-likeness (QED) is 0.727. The molecule has 2 N–H and O–H groups in total. The summed E-state index contributed by atoms with van der Waals surface area (Å²) in [4.78, 5) is 24.3. The summed E-state index contributed by atoms with van der Waals surface area (Å²) >= 11 is 0. The zero-order valence-electron chi connectivity index (χ0n) is 16.0. The molecule has 1 atom stereocenters. The molecule has 2 aromatic heterocycles. The Kier molecular flexibility index (Phi) is 3.71. The van der Waals surface area contributed by atoms with Gasteiger partial charge in [0.25, 0.3) is 5.56 Å². The first kappa shape index (κ1) is 17.2. The molecule has 0 bridgehead atoms. The number of aromatic nitrogens is 1. The summed E-state index contributed by atoms with van der Waals surface area (Å²) in [6.07, 6.45) is 3.81. The van der Waals surface area contributed by atoms with Gasteiger partial charge in [-0.15, -0.1) is 0 Å². The zero-order chi connectivity index (χ0) is 19.6. The van der Waals surface area contributed by atoms with E-state index in [9.17, 15) is 14.7 Å². The number of rotatable bonds is 3. The topological polar surface area (TPSA) is 70.8 Å². The summed E-state index contributed by atoms with van der Waals surface area (Å²) in [5.74, 6) is -0.823. The lowest BCUT2D eigenvalue weighted by molar-refractivity contribution is 0.0694. The molecule has 1 aliphatic heterocycles. The van der Waals surface area contributed by atoms with Gasteiger partial charge in [-0.25, -0.2) is 4.79 Å². The summed E-state index contributed by atoms with van der Waals surface area (Å²) < 4.78 is 1.52. The van der Waals surface area contributed by atoms with Gasteiger partial charge in [0.05, 0.1) is 5.52 Å². The molecule has 0 spiro atoms. The highest BCUT2D eigenvalue weighted by Crippen LogP contribution is 2.43. The monoisotopic (exact) mass is 374 g/mol. The van der Waals surface area contributed by atoms with Crippen LogP contribution in [-0.2, 0) is 6.54 Å². The third kappa shape index (κ3) is 2.50. The Balaban J connectivity index is 1.76. The second kappa shape index (κ2) is 6.04. The molecule has 28 heavy (non-hydrogen) atoms. The van der Waals surface area contributed by atoms with E-state index in [4.69, 9.17) is 0 Å². The fourth-order valence-electron chi connectivity index (χ4n) is 4.49. The fraction of sp³-hybridized carbons (Fsp3) is 0.304. The number of hydrogen-bond acceptors (Lipinski definition) is 3. The van der Waals surface area contributed by atoms with Gasteiger partial charge in [0.15, 0.2) is 0 Å². The lowest BCUT2D eigenvalue weighted by Gasteiger charge is -2.16. The molecule has 1 aliphatic carbocycles. The lowest BCUT2D eigenvalue weighted by atomic mass is 9.94. The summed E-state index contributed by atoms with van der Waals surface area (Å²) in [6, 6.07) is 10.5. The number of fused-ring (bicyclic) bond motifs is 2. The first-order chi connectivity index (χ1) is 13.5. The fourth-order valence-corrected chi connectivity index (χ4v) is 4.49. The van der Waals surface area contributed by atoms with E-state index in [2.05, 4.69) is 30.4 Å². The Morgan fingerprint density at radius 3 is 2.68 bits per heavy atom. The van der Waals surface area contributed by atoms with Crippen molar-refractivity contribution in [1.29, 1.82) is 0 Å². The second-order valence-electron chi connectivity index (χ2n) is 7.99. The van der Waals surface area contributed by atoms with Crippen molar-refractivity contribution in [3.05, 3.63) is 74.7 Å². The van der Waals surface area contributed by atoms with Crippen LogP contribution in [0.1, 0.15) is 64.3 Å². The number of pyridine rings is 2. The van der Waals surface area contributed by atoms with Gasteiger partial charge in [0.2, 0.25) is 0 Å². The standard InChI is InChI=1S/C23H22N2O3/c1-12-17(15-5-6-18-13(2)24-11-16(18)9-15)7-8-25-21(12)19(14-3-4-14)10-20(22(25)26)23(27)28/h5-10,13-14,24H,3-4,11H2,1-2H3,(H,27,28). The molecule has 3 aromatic rings. The highest BCUT2D eigenvalue weighted by atomic mass is 16.4. The van der Waals surface area contributed by atoms with E-state index < -0.39 is 11.5 Å². The van der Waals surface area contributed by atoms with E-state index in [1.54, 1.807) is 12.3 Å². The van der Waals surface area contributed by atoms with Gasteiger partial charge in [-0.1, -0.05) is 12.1 Å². The minimum atomic E-state index is -1.16. The molecule has 2 aliphatic rings. The lowest BCUT2D eigenvalue weighted by Crippen LogP contribution is -2.23. The van der Waals surface area contributed by atoms with Gasteiger partial charge in [-0.3, -0.25) is 9.20 Å². The molecule has 0 saturated heterocycles. The van der Waals surface area contributed by atoms with Crippen LogP contribution in [0.5, 0.6) is 0 Å². The molecule has 0 radical (unpaired) electrons. The number of carboxylic acids is 1. The van der Waals surface area contributed by atoms with Crippen molar-refractivity contribution in [1.82, 2.24) is 9.72 Å². The Bertz CT molecular complexity index is 1200. The average Bonchev–Trinajstić information content (AvgIpc) is 3.45. The molecule has 1 aromatic carbocycles. The van der Waals surface area contributed by atoms with Crippen LogP contribution in [0, 0.1) is 6.92 Å². The smallest absolute Gasteiger partial charge is 0.341 e. The minimum Gasteiger partial charge on any atom is -0.477 e. The third-order valence-corrected chi connectivity index (χ3v) is 6.18.